The molecule has 1 aliphatic rings. The smallest absolute Gasteiger partial charge is 0.339 e. The van der Waals surface area contributed by atoms with Crippen molar-refractivity contribution in [1.29, 1.82) is 0 Å². The minimum Gasteiger partial charge on any atom is -0.507 e. The predicted molar refractivity (Wildman–Crippen MR) is 71.4 cm³/mol. The lowest BCUT2D eigenvalue weighted by Crippen LogP contribution is -2.50. The van der Waals surface area contributed by atoms with Gasteiger partial charge in [0.05, 0.1) is 4.90 Å². The fourth-order valence-corrected chi connectivity index (χ4v) is 3.25. The Bertz CT molecular complexity index is 685. The third-order valence-electron chi connectivity index (χ3n) is 3.09. The highest BCUT2D eigenvalue weighted by Crippen LogP contribution is 2.21. The number of carbonyl (C=O) groups excluding carboxylic acids is 1. The Morgan fingerprint density at radius 3 is 2.71 bits per heavy atom. The van der Waals surface area contributed by atoms with Gasteiger partial charge in [-0.05, 0) is 31.0 Å². The van der Waals surface area contributed by atoms with Crippen molar-refractivity contribution in [3.05, 3.63) is 23.8 Å². The Morgan fingerprint density at radius 2 is 2.10 bits per heavy atom. The maximum atomic E-state index is 12.2. The predicted octanol–water partition coefficient (Wildman–Crippen LogP) is -0.353. The molecule has 1 fully saturated rings. The van der Waals surface area contributed by atoms with E-state index in [-0.39, 0.29) is 4.90 Å². The Hall–Kier alpha value is -2.13. The Labute approximate surface area is 120 Å². The topological polar surface area (TPSA) is 133 Å². The summed E-state index contributed by atoms with van der Waals surface area (Å²) in [6.45, 7) is 0.499. The zero-order valence-corrected chi connectivity index (χ0v) is 11.7. The minimum absolute atomic E-state index is 0.323. The lowest BCUT2D eigenvalue weighted by atomic mass is 10.1. The highest BCUT2D eigenvalue weighted by Gasteiger charge is 2.28. The monoisotopic (exact) mass is 314 g/mol. The molecule has 2 rings (SSSR count). The van der Waals surface area contributed by atoms with E-state index in [0.29, 0.717) is 19.4 Å². The number of carbonyl (C=O) groups is 2. The summed E-state index contributed by atoms with van der Waals surface area (Å²) in [6.07, 6.45) is 1.02. The van der Waals surface area contributed by atoms with E-state index in [1.165, 1.54) is 0 Å². The summed E-state index contributed by atoms with van der Waals surface area (Å²) in [5.74, 6) is -2.39. The van der Waals surface area contributed by atoms with Crippen molar-refractivity contribution in [1.82, 2.24) is 10.0 Å². The van der Waals surface area contributed by atoms with Gasteiger partial charge < -0.3 is 15.5 Å². The average Bonchev–Trinajstić information content (AvgIpc) is 2.41. The number of phenols is 1. The van der Waals surface area contributed by atoms with Gasteiger partial charge in [-0.1, -0.05) is 0 Å². The second-order valence-electron chi connectivity index (χ2n) is 4.59. The number of benzene rings is 1. The van der Waals surface area contributed by atoms with Crippen molar-refractivity contribution in [3.63, 3.8) is 0 Å². The molecule has 0 spiro atoms. The molecule has 1 atom stereocenters. The average molecular weight is 314 g/mol. The molecule has 8 nitrogen and oxygen atoms in total. The summed E-state index contributed by atoms with van der Waals surface area (Å²) in [5.41, 5.74) is -0.522. The zero-order valence-electron chi connectivity index (χ0n) is 10.9. The molecule has 21 heavy (non-hydrogen) atoms. The molecule has 0 bridgehead atoms. The van der Waals surface area contributed by atoms with Crippen molar-refractivity contribution >= 4 is 21.9 Å². The molecule has 0 aliphatic carbocycles. The fraction of sp³-hybridized carbons (Fsp3) is 0.333. The summed E-state index contributed by atoms with van der Waals surface area (Å²) >= 11 is 0. The lowest BCUT2D eigenvalue weighted by molar-refractivity contribution is -0.124. The second kappa shape index (κ2) is 5.70. The van der Waals surface area contributed by atoms with Crippen LogP contribution in [0, 0.1) is 0 Å². The van der Waals surface area contributed by atoms with Gasteiger partial charge in [-0.25, -0.2) is 13.2 Å². The van der Waals surface area contributed by atoms with Crippen LogP contribution in [0.3, 0.4) is 0 Å². The largest absolute Gasteiger partial charge is 0.507 e. The van der Waals surface area contributed by atoms with Crippen LogP contribution in [-0.2, 0) is 14.8 Å². The molecule has 1 unspecified atom stereocenters. The van der Waals surface area contributed by atoms with Crippen LogP contribution >= 0.6 is 0 Å². The highest BCUT2D eigenvalue weighted by atomic mass is 32.2. The van der Waals surface area contributed by atoms with E-state index in [4.69, 9.17) is 5.11 Å². The first kappa shape index (κ1) is 15.3. The van der Waals surface area contributed by atoms with Crippen molar-refractivity contribution < 1.29 is 28.2 Å². The molecule has 1 aromatic carbocycles. The molecule has 1 amide bonds. The molecule has 114 valence electrons. The molecule has 1 aromatic rings. The number of carboxylic acid groups (broad SMARTS) is 1. The Balaban J connectivity index is 2.29. The van der Waals surface area contributed by atoms with E-state index < -0.39 is 39.3 Å². The van der Waals surface area contributed by atoms with Gasteiger partial charge in [-0.15, -0.1) is 0 Å². The summed E-state index contributed by atoms with van der Waals surface area (Å²) < 4.78 is 26.6. The maximum Gasteiger partial charge on any atom is 0.339 e. The van der Waals surface area contributed by atoms with Crippen molar-refractivity contribution in [2.75, 3.05) is 6.54 Å². The SMILES string of the molecule is O=C(O)c1cc(S(=O)(=O)NC2CCCNC2=O)ccc1O. The van der Waals surface area contributed by atoms with Crippen LogP contribution in [0.1, 0.15) is 23.2 Å². The number of aromatic carboxylic acids is 1. The summed E-state index contributed by atoms with van der Waals surface area (Å²) in [4.78, 5) is 22.1. The van der Waals surface area contributed by atoms with Crippen molar-refractivity contribution in [2.24, 2.45) is 0 Å². The number of carboxylic acids is 1. The van der Waals surface area contributed by atoms with Crippen LogP contribution in [-0.4, -0.2) is 43.1 Å². The second-order valence-corrected chi connectivity index (χ2v) is 6.31. The van der Waals surface area contributed by atoms with Crippen LogP contribution in [0.2, 0.25) is 0 Å². The quantitative estimate of drug-likeness (QED) is 0.600. The first-order valence-corrected chi connectivity index (χ1v) is 7.66. The number of piperidine rings is 1. The summed E-state index contributed by atoms with van der Waals surface area (Å²) in [5, 5.41) is 20.8. The molecule has 9 heteroatoms. The third kappa shape index (κ3) is 3.31. The molecular formula is C12H14N2O6S. The van der Waals surface area contributed by atoms with Crippen molar-refractivity contribution in [2.45, 2.75) is 23.8 Å². The molecule has 1 heterocycles. The number of hydrogen-bond acceptors (Lipinski definition) is 5. The molecule has 4 N–H and O–H groups in total. The zero-order chi connectivity index (χ0) is 15.6. The van der Waals surface area contributed by atoms with E-state index in [0.717, 1.165) is 18.2 Å². The van der Waals surface area contributed by atoms with Crippen LogP contribution in [0.25, 0.3) is 0 Å². The molecule has 1 saturated heterocycles. The van der Waals surface area contributed by atoms with Crippen LogP contribution in [0.4, 0.5) is 0 Å². The minimum atomic E-state index is -4.05. The molecule has 0 radical (unpaired) electrons. The van der Waals surface area contributed by atoms with E-state index in [1.54, 1.807) is 0 Å². The summed E-state index contributed by atoms with van der Waals surface area (Å²) in [7, 11) is -4.05. The van der Waals surface area contributed by atoms with E-state index in [1.807, 2.05) is 0 Å². The fourth-order valence-electron chi connectivity index (χ4n) is 1.99. The van der Waals surface area contributed by atoms with Gasteiger partial charge in [-0.2, -0.15) is 4.72 Å². The van der Waals surface area contributed by atoms with Crippen LogP contribution in [0.15, 0.2) is 23.1 Å². The van der Waals surface area contributed by atoms with Gasteiger partial charge in [0.15, 0.2) is 0 Å². The van der Waals surface area contributed by atoms with Crippen molar-refractivity contribution in [3.8, 4) is 5.75 Å². The molecule has 1 aliphatic heterocycles. The molecule has 0 aromatic heterocycles. The van der Waals surface area contributed by atoms with Gasteiger partial charge in [0.25, 0.3) is 0 Å². The number of amides is 1. The number of aromatic hydroxyl groups is 1. The van der Waals surface area contributed by atoms with Gasteiger partial charge >= 0.3 is 5.97 Å². The van der Waals surface area contributed by atoms with E-state index in [2.05, 4.69) is 10.0 Å². The first-order valence-electron chi connectivity index (χ1n) is 6.17. The number of hydrogen-bond donors (Lipinski definition) is 4. The highest BCUT2D eigenvalue weighted by molar-refractivity contribution is 7.89. The van der Waals surface area contributed by atoms with Crippen LogP contribution < -0.4 is 10.0 Å². The standard InChI is InChI=1S/C12H14N2O6S/c15-10-4-3-7(6-8(10)12(17)18)21(19,20)14-9-2-1-5-13-11(9)16/h3-4,6,9,14-15H,1-2,5H2,(H,13,16)(H,17,18). The maximum absolute atomic E-state index is 12.2. The Morgan fingerprint density at radius 1 is 1.38 bits per heavy atom. The van der Waals surface area contributed by atoms with E-state index in [9.17, 15) is 23.1 Å². The van der Waals surface area contributed by atoms with Crippen LogP contribution in [0.5, 0.6) is 5.75 Å². The number of sulfonamides is 1. The third-order valence-corrected chi connectivity index (χ3v) is 4.56. The molecule has 0 saturated carbocycles. The Kier molecular flexibility index (Phi) is 4.14. The first-order chi connectivity index (χ1) is 9.81. The van der Waals surface area contributed by atoms with Gasteiger partial charge in [0.1, 0.15) is 17.4 Å². The lowest BCUT2D eigenvalue weighted by Gasteiger charge is -2.22. The van der Waals surface area contributed by atoms with E-state index >= 15 is 0 Å². The van der Waals surface area contributed by atoms with Gasteiger partial charge in [-0.3, -0.25) is 4.79 Å². The summed E-state index contributed by atoms with van der Waals surface area (Å²) in [6, 6.07) is 2.02. The number of rotatable bonds is 4. The van der Waals surface area contributed by atoms with Gasteiger partial charge in [0, 0.05) is 6.54 Å². The van der Waals surface area contributed by atoms with Gasteiger partial charge in [0.2, 0.25) is 15.9 Å². The normalized spacial score (nSPS) is 19.0. The molecular weight excluding hydrogens is 300 g/mol. The number of nitrogens with one attached hydrogen (secondary N) is 2.